The third-order valence-electron chi connectivity index (χ3n) is 2.72. The minimum absolute atomic E-state index is 0. The number of hydrogen-bond donors (Lipinski definition) is 1. The number of alkyl halides is 3. The van der Waals surface area contributed by atoms with E-state index in [-0.39, 0.29) is 12.4 Å². The molecule has 2 N–H and O–H groups in total. The van der Waals surface area contributed by atoms with Gasteiger partial charge in [0.1, 0.15) is 11.5 Å². The average molecular weight is 318 g/mol. The minimum Gasteiger partial charge on any atom is -0.457 e. The minimum atomic E-state index is -4.28. The highest BCUT2D eigenvalue weighted by Gasteiger charge is 2.30. The molecule has 2 nitrogen and oxygen atoms in total. The fraction of sp³-hybridized carbons (Fsp3) is 0.200. The van der Waals surface area contributed by atoms with Crippen LogP contribution in [-0.2, 0) is 0 Å². The topological polar surface area (TPSA) is 35.2 Å². The van der Waals surface area contributed by atoms with Gasteiger partial charge < -0.3 is 10.5 Å². The van der Waals surface area contributed by atoms with E-state index in [1.165, 1.54) is 6.07 Å². The van der Waals surface area contributed by atoms with Crippen LogP contribution in [0.3, 0.4) is 0 Å². The van der Waals surface area contributed by atoms with Crippen molar-refractivity contribution in [2.75, 3.05) is 0 Å². The molecule has 0 fully saturated rings. The quantitative estimate of drug-likeness (QED) is 0.874. The number of hydrogen-bond acceptors (Lipinski definition) is 2. The standard InChI is InChI=1S/C15H14F3NO.ClH/c16-15(17,18)10-14(19)11-5-4-8-13(9-11)20-12-6-2-1-3-7-12;/h1-9,14H,10,19H2;1H/t14-;/m1./s1. The molecular formula is C15H15ClF3NO. The van der Waals surface area contributed by atoms with Crippen molar-refractivity contribution >= 4 is 12.4 Å². The van der Waals surface area contributed by atoms with Crippen molar-refractivity contribution in [3.05, 3.63) is 60.2 Å². The Morgan fingerprint density at radius 2 is 1.57 bits per heavy atom. The van der Waals surface area contributed by atoms with Crippen LogP contribution in [-0.4, -0.2) is 6.18 Å². The third-order valence-corrected chi connectivity index (χ3v) is 2.72. The molecule has 6 heteroatoms. The Labute approximate surface area is 127 Å². The van der Waals surface area contributed by atoms with Gasteiger partial charge in [-0.3, -0.25) is 0 Å². The molecule has 0 saturated carbocycles. The Bertz CT molecular complexity index is 560. The van der Waals surface area contributed by atoms with Gasteiger partial charge >= 0.3 is 6.18 Å². The number of benzene rings is 2. The fourth-order valence-electron chi connectivity index (χ4n) is 1.80. The van der Waals surface area contributed by atoms with Gasteiger partial charge in [0.15, 0.2) is 0 Å². The summed E-state index contributed by atoms with van der Waals surface area (Å²) in [6, 6.07) is 14.3. The Balaban J connectivity index is 0.00000220. The molecule has 0 radical (unpaired) electrons. The molecule has 0 heterocycles. The lowest BCUT2D eigenvalue weighted by Gasteiger charge is -2.15. The number of ether oxygens (including phenoxy) is 1. The van der Waals surface area contributed by atoms with Crippen LogP contribution in [0.15, 0.2) is 54.6 Å². The molecule has 2 aromatic carbocycles. The van der Waals surface area contributed by atoms with Crippen LogP contribution in [0.5, 0.6) is 11.5 Å². The van der Waals surface area contributed by atoms with Gasteiger partial charge in [0.25, 0.3) is 0 Å². The predicted molar refractivity (Wildman–Crippen MR) is 77.8 cm³/mol. The molecule has 0 amide bonds. The second kappa shape index (κ2) is 7.33. The van der Waals surface area contributed by atoms with Crippen molar-refractivity contribution in [2.24, 2.45) is 5.73 Å². The van der Waals surface area contributed by atoms with Crippen LogP contribution in [0.25, 0.3) is 0 Å². The van der Waals surface area contributed by atoms with E-state index in [1.807, 2.05) is 18.2 Å². The van der Waals surface area contributed by atoms with Crippen molar-refractivity contribution in [1.29, 1.82) is 0 Å². The van der Waals surface area contributed by atoms with Crippen molar-refractivity contribution in [3.8, 4) is 11.5 Å². The van der Waals surface area contributed by atoms with E-state index in [1.54, 1.807) is 30.3 Å². The average Bonchev–Trinajstić information content (AvgIpc) is 2.38. The molecule has 0 aromatic heterocycles. The summed E-state index contributed by atoms with van der Waals surface area (Å²) in [4.78, 5) is 0. The van der Waals surface area contributed by atoms with E-state index in [0.717, 1.165) is 0 Å². The van der Waals surface area contributed by atoms with Gasteiger partial charge in [0, 0.05) is 6.04 Å². The fourth-order valence-corrected chi connectivity index (χ4v) is 1.80. The second-order valence-electron chi connectivity index (χ2n) is 4.41. The Hall–Kier alpha value is -1.72. The van der Waals surface area contributed by atoms with Crippen molar-refractivity contribution in [1.82, 2.24) is 0 Å². The first-order valence-electron chi connectivity index (χ1n) is 6.09. The van der Waals surface area contributed by atoms with Crippen LogP contribution >= 0.6 is 12.4 Å². The van der Waals surface area contributed by atoms with E-state index in [0.29, 0.717) is 17.1 Å². The maximum atomic E-state index is 12.3. The summed E-state index contributed by atoms with van der Waals surface area (Å²) in [6.07, 6.45) is -5.34. The molecule has 0 aliphatic rings. The third kappa shape index (κ3) is 5.65. The number of nitrogens with two attached hydrogens (primary N) is 1. The summed E-state index contributed by atoms with van der Waals surface area (Å²) >= 11 is 0. The normalized spacial score (nSPS) is 12.4. The summed E-state index contributed by atoms with van der Waals surface area (Å²) in [5.41, 5.74) is 5.97. The van der Waals surface area contributed by atoms with Crippen LogP contribution in [0, 0.1) is 0 Å². The van der Waals surface area contributed by atoms with Crippen LogP contribution in [0.2, 0.25) is 0 Å². The maximum absolute atomic E-state index is 12.3. The molecule has 0 aliphatic carbocycles. The first-order valence-corrected chi connectivity index (χ1v) is 6.09. The van der Waals surface area contributed by atoms with E-state index in [2.05, 4.69) is 0 Å². The van der Waals surface area contributed by atoms with Crippen molar-refractivity contribution < 1.29 is 17.9 Å². The van der Waals surface area contributed by atoms with E-state index >= 15 is 0 Å². The number of para-hydroxylation sites is 1. The molecule has 21 heavy (non-hydrogen) atoms. The van der Waals surface area contributed by atoms with Crippen LogP contribution in [0.1, 0.15) is 18.0 Å². The van der Waals surface area contributed by atoms with Crippen molar-refractivity contribution in [2.45, 2.75) is 18.6 Å². The lowest BCUT2D eigenvalue weighted by molar-refractivity contribution is -0.138. The molecule has 114 valence electrons. The van der Waals surface area contributed by atoms with Gasteiger partial charge in [-0.15, -0.1) is 12.4 Å². The predicted octanol–water partition coefficient (Wildman–Crippen LogP) is 4.85. The molecule has 2 aromatic rings. The highest BCUT2D eigenvalue weighted by Crippen LogP contribution is 2.30. The maximum Gasteiger partial charge on any atom is 0.390 e. The summed E-state index contributed by atoms with van der Waals surface area (Å²) in [5.74, 6) is 1.08. The van der Waals surface area contributed by atoms with Gasteiger partial charge in [-0.2, -0.15) is 13.2 Å². The molecule has 2 rings (SSSR count). The first kappa shape index (κ1) is 17.3. The summed E-state index contributed by atoms with van der Waals surface area (Å²) in [5, 5.41) is 0. The van der Waals surface area contributed by atoms with Gasteiger partial charge in [0.2, 0.25) is 0 Å². The van der Waals surface area contributed by atoms with Crippen LogP contribution in [0.4, 0.5) is 13.2 Å². The SMILES string of the molecule is Cl.N[C@H](CC(F)(F)F)c1cccc(Oc2ccccc2)c1. The number of rotatable bonds is 4. The second-order valence-corrected chi connectivity index (χ2v) is 4.41. The van der Waals surface area contributed by atoms with Gasteiger partial charge in [-0.25, -0.2) is 0 Å². The smallest absolute Gasteiger partial charge is 0.390 e. The Morgan fingerprint density at radius 1 is 0.952 bits per heavy atom. The highest BCUT2D eigenvalue weighted by molar-refractivity contribution is 5.85. The lowest BCUT2D eigenvalue weighted by Crippen LogP contribution is -2.20. The molecule has 0 spiro atoms. The largest absolute Gasteiger partial charge is 0.457 e. The van der Waals surface area contributed by atoms with E-state index < -0.39 is 18.6 Å². The summed E-state index contributed by atoms with van der Waals surface area (Å²) in [6.45, 7) is 0. The first-order chi connectivity index (χ1) is 9.44. The molecule has 1 atom stereocenters. The summed E-state index contributed by atoms with van der Waals surface area (Å²) in [7, 11) is 0. The van der Waals surface area contributed by atoms with E-state index in [9.17, 15) is 13.2 Å². The van der Waals surface area contributed by atoms with Gasteiger partial charge in [0.05, 0.1) is 6.42 Å². The highest BCUT2D eigenvalue weighted by atomic mass is 35.5. The zero-order chi connectivity index (χ0) is 14.6. The lowest BCUT2D eigenvalue weighted by atomic mass is 10.0. The van der Waals surface area contributed by atoms with Crippen molar-refractivity contribution in [3.63, 3.8) is 0 Å². The molecule has 0 aliphatic heterocycles. The Kier molecular flexibility index (Phi) is 6.05. The number of halogens is 4. The molecule has 0 unspecified atom stereocenters. The van der Waals surface area contributed by atoms with Gasteiger partial charge in [-0.05, 0) is 29.8 Å². The van der Waals surface area contributed by atoms with E-state index in [4.69, 9.17) is 10.5 Å². The molecular weight excluding hydrogens is 303 g/mol. The summed E-state index contributed by atoms with van der Waals surface area (Å²) < 4.78 is 42.5. The molecule has 0 bridgehead atoms. The monoisotopic (exact) mass is 317 g/mol. The van der Waals surface area contributed by atoms with Gasteiger partial charge in [-0.1, -0.05) is 30.3 Å². The zero-order valence-corrected chi connectivity index (χ0v) is 11.8. The Morgan fingerprint density at radius 3 is 2.19 bits per heavy atom. The molecule has 0 saturated heterocycles. The zero-order valence-electron chi connectivity index (χ0n) is 11.0. The van der Waals surface area contributed by atoms with Crippen LogP contribution < -0.4 is 10.5 Å².